The van der Waals surface area contributed by atoms with Crippen LogP contribution in [0.5, 0.6) is 0 Å². The van der Waals surface area contributed by atoms with E-state index in [-0.39, 0.29) is 5.76 Å². The molecule has 0 unspecified atom stereocenters. The molecule has 3 atom stereocenters. The summed E-state index contributed by atoms with van der Waals surface area (Å²) < 4.78 is 20.1. The van der Waals surface area contributed by atoms with Gasteiger partial charge < -0.3 is 9.84 Å². The van der Waals surface area contributed by atoms with E-state index in [2.05, 4.69) is 6.58 Å². The van der Waals surface area contributed by atoms with E-state index in [1.165, 1.54) is 0 Å². The molecule has 0 aromatic carbocycles. The van der Waals surface area contributed by atoms with E-state index in [9.17, 15) is 19.1 Å². The van der Waals surface area contributed by atoms with Gasteiger partial charge in [-0.15, -0.1) is 0 Å². The molecule has 7 heteroatoms. The van der Waals surface area contributed by atoms with Gasteiger partial charge in [-0.1, -0.05) is 6.58 Å². The van der Waals surface area contributed by atoms with Gasteiger partial charge in [0, 0.05) is 12.3 Å². The largest absolute Gasteiger partial charge is 0.469 e. The summed E-state index contributed by atoms with van der Waals surface area (Å²) in [6.45, 7) is 4.45. The van der Waals surface area contributed by atoms with Gasteiger partial charge in [-0.25, -0.2) is 9.18 Å². The smallest absolute Gasteiger partial charge is 0.331 e. The van der Waals surface area contributed by atoms with Gasteiger partial charge >= 0.3 is 5.69 Å². The van der Waals surface area contributed by atoms with Gasteiger partial charge in [0.1, 0.15) is 11.9 Å². The first-order valence-corrected chi connectivity index (χ1v) is 4.88. The molecular formula is C10H11FN2O4. The average Bonchev–Trinajstić information content (AvgIpc) is 2.43. The van der Waals surface area contributed by atoms with Crippen LogP contribution in [0, 0.1) is 0 Å². The number of aromatic amines is 1. The molecule has 2 rings (SSSR count). The molecule has 2 heterocycles. The zero-order valence-corrected chi connectivity index (χ0v) is 9.01. The Morgan fingerprint density at radius 1 is 1.65 bits per heavy atom. The van der Waals surface area contributed by atoms with Crippen molar-refractivity contribution in [3.05, 3.63) is 45.4 Å². The van der Waals surface area contributed by atoms with E-state index < -0.39 is 29.2 Å². The lowest BCUT2D eigenvalue weighted by Gasteiger charge is -2.23. The highest BCUT2D eigenvalue weighted by Gasteiger charge is 2.53. The van der Waals surface area contributed by atoms with Gasteiger partial charge in [-0.05, 0) is 6.92 Å². The fourth-order valence-electron chi connectivity index (χ4n) is 1.71. The third-order valence-corrected chi connectivity index (χ3v) is 2.69. The van der Waals surface area contributed by atoms with Crippen molar-refractivity contribution >= 4 is 0 Å². The van der Waals surface area contributed by atoms with Gasteiger partial charge in [0.15, 0.2) is 5.67 Å². The van der Waals surface area contributed by atoms with Crippen LogP contribution in [0.15, 0.2) is 34.2 Å². The maximum atomic E-state index is 14.2. The van der Waals surface area contributed by atoms with Crippen molar-refractivity contribution in [1.82, 2.24) is 9.55 Å². The Hall–Kier alpha value is -1.89. The number of aromatic nitrogens is 2. The fourth-order valence-corrected chi connectivity index (χ4v) is 1.71. The van der Waals surface area contributed by atoms with Gasteiger partial charge in [0.25, 0.3) is 5.56 Å². The maximum Gasteiger partial charge on any atom is 0.331 e. The first-order chi connectivity index (χ1) is 7.84. The molecular weight excluding hydrogens is 231 g/mol. The Morgan fingerprint density at radius 2 is 2.29 bits per heavy atom. The first-order valence-electron chi connectivity index (χ1n) is 4.88. The minimum Gasteiger partial charge on any atom is -0.469 e. The van der Waals surface area contributed by atoms with Crippen LogP contribution in [0.4, 0.5) is 4.39 Å². The number of hydrogen-bond donors (Lipinski definition) is 2. The number of rotatable bonds is 1. The van der Waals surface area contributed by atoms with E-state index in [0.29, 0.717) is 0 Å². The minimum absolute atomic E-state index is 0.155. The summed E-state index contributed by atoms with van der Waals surface area (Å²) in [7, 11) is 0. The molecule has 1 saturated heterocycles. The quantitative estimate of drug-likeness (QED) is 0.706. The van der Waals surface area contributed by atoms with Crippen LogP contribution >= 0.6 is 0 Å². The highest BCUT2D eigenvalue weighted by atomic mass is 19.1. The highest BCUT2D eigenvalue weighted by Crippen LogP contribution is 2.41. The van der Waals surface area contributed by atoms with Crippen LogP contribution in [0.3, 0.4) is 0 Å². The Labute approximate surface area is 95.0 Å². The lowest BCUT2D eigenvalue weighted by Crippen LogP contribution is -2.42. The molecule has 0 saturated carbocycles. The monoisotopic (exact) mass is 242 g/mol. The van der Waals surface area contributed by atoms with Crippen LogP contribution < -0.4 is 11.2 Å². The van der Waals surface area contributed by atoms with Crippen molar-refractivity contribution in [2.75, 3.05) is 0 Å². The summed E-state index contributed by atoms with van der Waals surface area (Å²) in [5.41, 5.74) is -3.60. The number of nitrogens with zero attached hydrogens (tertiary/aromatic N) is 1. The second kappa shape index (κ2) is 3.56. The van der Waals surface area contributed by atoms with Crippen LogP contribution in [0.25, 0.3) is 0 Å². The van der Waals surface area contributed by atoms with E-state index in [4.69, 9.17) is 4.74 Å². The lowest BCUT2D eigenvalue weighted by atomic mass is 10.0. The predicted octanol–water partition coefficient (Wildman–Crippen LogP) is -0.332. The van der Waals surface area contributed by atoms with Crippen molar-refractivity contribution in [2.24, 2.45) is 0 Å². The summed E-state index contributed by atoms with van der Waals surface area (Å²) in [4.78, 5) is 24.3. The summed E-state index contributed by atoms with van der Waals surface area (Å²) in [5.74, 6) is -0.155. The lowest BCUT2D eigenvalue weighted by molar-refractivity contribution is -0.0353. The van der Waals surface area contributed by atoms with Crippen molar-refractivity contribution in [3.63, 3.8) is 0 Å². The molecule has 2 N–H and O–H groups in total. The second-order valence-corrected chi connectivity index (χ2v) is 4.01. The molecule has 6 nitrogen and oxygen atoms in total. The molecule has 0 spiro atoms. The third kappa shape index (κ3) is 1.68. The molecule has 1 fully saturated rings. The topological polar surface area (TPSA) is 84.3 Å². The summed E-state index contributed by atoms with van der Waals surface area (Å²) >= 11 is 0. The van der Waals surface area contributed by atoms with Crippen LogP contribution in [0.1, 0.15) is 13.2 Å². The molecule has 0 radical (unpaired) electrons. The Morgan fingerprint density at radius 3 is 2.76 bits per heavy atom. The second-order valence-electron chi connectivity index (χ2n) is 4.01. The number of ether oxygens (including phenoxy) is 1. The zero-order chi connectivity index (χ0) is 12.8. The first kappa shape index (κ1) is 11.6. The maximum absolute atomic E-state index is 14.2. The molecule has 92 valence electrons. The van der Waals surface area contributed by atoms with Gasteiger partial charge in [0.2, 0.25) is 6.23 Å². The van der Waals surface area contributed by atoms with Gasteiger partial charge in [-0.2, -0.15) is 0 Å². The number of alkyl halides is 1. The Bertz CT molecular complexity index is 574. The molecule has 17 heavy (non-hydrogen) atoms. The Balaban J connectivity index is 2.52. The average molecular weight is 242 g/mol. The molecule has 0 bridgehead atoms. The van der Waals surface area contributed by atoms with Crippen molar-refractivity contribution in [2.45, 2.75) is 24.9 Å². The number of hydrogen-bond acceptors (Lipinski definition) is 4. The molecule has 1 aromatic heterocycles. The van der Waals surface area contributed by atoms with E-state index in [1.807, 2.05) is 4.98 Å². The van der Waals surface area contributed by atoms with Crippen LogP contribution in [-0.4, -0.2) is 26.4 Å². The van der Waals surface area contributed by atoms with E-state index in [1.54, 1.807) is 0 Å². The number of aliphatic hydroxyl groups is 1. The zero-order valence-electron chi connectivity index (χ0n) is 9.01. The molecule has 1 aromatic rings. The third-order valence-electron chi connectivity index (χ3n) is 2.69. The van der Waals surface area contributed by atoms with Crippen molar-refractivity contribution < 1.29 is 14.2 Å². The number of aliphatic hydroxyl groups excluding tert-OH is 1. The number of halogens is 1. The Kier molecular flexibility index (Phi) is 2.43. The van der Waals surface area contributed by atoms with Crippen LogP contribution in [-0.2, 0) is 4.74 Å². The van der Waals surface area contributed by atoms with Crippen molar-refractivity contribution in [1.29, 1.82) is 0 Å². The van der Waals surface area contributed by atoms with Crippen molar-refractivity contribution in [3.8, 4) is 0 Å². The number of H-pyrrole nitrogens is 1. The molecule has 0 amide bonds. The fraction of sp³-hybridized carbons (Fsp3) is 0.400. The SMILES string of the molecule is C=C1O[C@@H](n2ccc(=O)[nH]c2=O)[C@@](C)(F)[C@@H]1O. The summed E-state index contributed by atoms with van der Waals surface area (Å²) in [6.07, 6.45) is -1.77. The standard InChI is InChI=1S/C10H11FN2O4/c1-5-7(15)10(2,11)8(17-5)13-4-3-6(14)12-9(13)16/h3-4,7-8,15H,1H2,2H3,(H,12,14,16)/t7-,8-,10+/m1/s1. The molecule has 1 aliphatic rings. The number of nitrogens with one attached hydrogen (secondary N) is 1. The summed E-state index contributed by atoms with van der Waals surface area (Å²) in [6, 6.07) is 1.06. The molecule has 0 aliphatic carbocycles. The van der Waals surface area contributed by atoms with Gasteiger partial charge in [0.05, 0.1) is 0 Å². The van der Waals surface area contributed by atoms with Gasteiger partial charge in [-0.3, -0.25) is 14.3 Å². The highest BCUT2D eigenvalue weighted by molar-refractivity contribution is 5.12. The minimum atomic E-state index is -2.20. The van der Waals surface area contributed by atoms with E-state index in [0.717, 1.165) is 23.8 Å². The predicted molar refractivity (Wildman–Crippen MR) is 56.1 cm³/mol. The van der Waals surface area contributed by atoms with E-state index >= 15 is 0 Å². The summed E-state index contributed by atoms with van der Waals surface area (Å²) in [5, 5.41) is 9.52. The normalized spacial score (nSPS) is 32.5. The van der Waals surface area contributed by atoms with Crippen LogP contribution in [0.2, 0.25) is 0 Å². The molecule has 1 aliphatic heterocycles.